The number of imidazole rings is 1. The number of thioether (sulfide) groups is 1. The summed E-state index contributed by atoms with van der Waals surface area (Å²) in [7, 11) is 0. The van der Waals surface area contributed by atoms with E-state index in [1.807, 2.05) is 28.8 Å². The standard InChI is InChI=1S/C12H14N2O3S/c15-6-5-14-10-4-2-1-3-9(10)13-11(14)7-18-8-12(16)17/h1-4,15H,5-8H2,(H,16,17). The third-order valence-corrected chi connectivity index (χ3v) is 3.43. The molecule has 0 radical (unpaired) electrons. The minimum Gasteiger partial charge on any atom is -0.481 e. The maximum Gasteiger partial charge on any atom is 0.313 e. The Morgan fingerprint density at radius 2 is 2.17 bits per heavy atom. The van der Waals surface area contributed by atoms with Crippen LogP contribution in [0.15, 0.2) is 24.3 Å². The van der Waals surface area contributed by atoms with Crippen LogP contribution in [0.2, 0.25) is 0 Å². The molecule has 0 bridgehead atoms. The van der Waals surface area contributed by atoms with Crippen LogP contribution < -0.4 is 0 Å². The molecule has 96 valence electrons. The molecule has 0 aliphatic heterocycles. The van der Waals surface area contributed by atoms with Crippen molar-refractivity contribution < 1.29 is 15.0 Å². The minimum absolute atomic E-state index is 0.0386. The highest BCUT2D eigenvalue weighted by Gasteiger charge is 2.10. The number of hydrogen-bond donors (Lipinski definition) is 2. The first kappa shape index (κ1) is 12.9. The maximum atomic E-state index is 10.5. The van der Waals surface area contributed by atoms with Gasteiger partial charge in [-0.2, -0.15) is 0 Å². The number of carboxylic acids is 1. The van der Waals surface area contributed by atoms with Crippen LogP contribution in [0, 0.1) is 0 Å². The molecule has 2 N–H and O–H groups in total. The quantitative estimate of drug-likeness (QED) is 0.825. The van der Waals surface area contributed by atoms with Crippen molar-refractivity contribution >= 4 is 28.8 Å². The van der Waals surface area contributed by atoms with Crippen LogP contribution in [-0.4, -0.2) is 38.1 Å². The van der Waals surface area contributed by atoms with Gasteiger partial charge in [-0.25, -0.2) is 4.98 Å². The van der Waals surface area contributed by atoms with Gasteiger partial charge in [0, 0.05) is 6.54 Å². The molecule has 1 heterocycles. The van der Waals surface area contributed by atoms with E-state index in [1.165, 1.54) is 11.8 Å². The van der Waals surface area contributed by atoms with Crippen molar-refractivity contribution in [3.63, 3.8) is 0 Å². The van der Waals surface area contributed by atoms with E-state index < -0.39 is 5.97 Å². The van der Waals surface area contributed by atoms with Crippen LogP contribution in [-0.2, 0) is 17.1 Å². The molecule has 0 unspecified atom stereocenters. The van der Waals surface area contributed by atoms with E-state index in [2.05, 4.69) is 4.98 Å². The normalized spacial score (nSPS) is 10.9. The Bertz CT molecular complexity index is 553. The van der Waals surface area contributed by atoms with E-state index in [9.17, 15) is 4.79 Å². The first-order valence-electron chi connectivity index (χ1n) is 5.57. The van der Waals surface area contributed by atoms with Gasteiger partial charge in [0.15, 0.2) is 0 Å². The zero-order valence-electron chi connectivity index (χ0n) is 9.74. The lowest BCUT2D eigenvalue weighted by Crippen LogP contribution is -2.07. The second-order valence-electron chi connectivity index (χ2n) is 3.78. The van der Waals surface area contributed by atoms with Crippen LogP contribution in [0.1, 0.15) is 5.82 Å². The highest BCUT2D eigenvalue weighted by Crippen LogP contribution is 2.19. The average Bonchev–Trinajstić information content (AvgIpc) is 2.68. The number of aliphatic carboxylic acids is 1. The SMILES string of the molecule is O=C(O)CSCc1nc2ccccc2n1CCO. The summed E-state index contributed by atoms with van der Waals surface area (Å²) in [6.45, 7) is 0.514. The predicted octanol–water partition coefficient (Wildman–Crippen LogP) is 1.35. The summed E-state index contributed by atoms with van der Waals surface area (Å²) in [5, 5.41) is 17.7. The number of benzene rings is 1. The summed E-state index contributed by atoms with van der Waals surface area (Å²) >= 11 is 1.31. The molecule has 1 aromatic carbocycles. The summed E-state index contributed by atoms with van der Waals surface area (Å²) in [6.07, 6.45) is 0. The van der Waals surface area contributed by atoms with Gasteiger partial charge in [0.05, 0.1) is 29.1 Å². The molecule has 2 aromatic rings. The van der Waals surface area contributed by atoms with Gasteiger partial charge in [-0.05, 0) is 12.1 Å². The van der Waals surface area contributed by atoms with E-state index in [0.29, 0.717) is 12.3 Å². The highest BCUT2D eigenvalue weighted by atomic mass is 32.2. The van der Waals surface area contributed by atoms with E-state index in [4.69, 9.17) is 10.2 Å². The summed E-state index contributed by atoms with van der Waals surface area (Å²) in [5.74, 6) is 0.560. The second-order valence-corrected chi connectivity index (χ2v) is 4.76. The van der Waals surface area contributed by atoms with Gasteiger partial charge in [-0.3, -0.25) is 4.79 Å². The number of carboxylic acid groups (broad SMARTS) is 1. The number of carbonyl (C=O) groups is 1. The molecule has 5 nitrogen and oxygen atoms in total. The summed E-state index contributed by atoms with van der Waals surface area (Å²) in [6, 6.07) is 7.69. The minimum atomic E-state index is -0.829. The fraction of sp³-hybridized carbons (Fsp3) is 0.333. The lowest BCUT2D eigenvalue weighted by molar-refractivity contribution is -0.133. The Balaban J connectivity index is 2.24. The molecule has 2 rings (SSSR count). The first-order valence-corrected chi connectivity index (χ1v) is 6.72. The monoisotopic (exact) mass is 266 g/mol. The molecule has 6 heteroatoms. The maximum absolute atomic E-state index is 10.5. The first-order chi connectivity index (χ1) is 8.72. The zero-order chi connectivity index (χ0) is 13.0. The summed E-state index contributed by atoms with van der Waals surface area (Å²) < 4.78 is 1.93. The van der Waals surface area contributed by atoms with Gasteiger partial charge < -0.3 is 14.8 Å². The van der Waals surface area contributed by atoms with Crippen molar-refractivity contribution in [3.05, 3.63) is 30.1 Å². The van der Waals surface area contributed by atoms with Gasteiger partial charge in [-0.15, -0.1) is 11.8 Å². The number of para-hydroxylation sites is 2. The molecule has 18 heavy (non-hydrogen) atoms. The molecule has 0 atom stereocenters. The van der Waals surface area contributed by atoms with Gasteiger partial charge >= 0.3 is 5.97 Å². The predicted molar refractivity (Wildman–Crippen MR) is 70.6 cm³/mol. The molecule has 0 saturated carbocycles. The molecule has 0 fully saturated rings. The average molecular weight is 266 g/mol. The van der Waals surface area contributed by atoms with E-state index in [0.717, 1.165) is 16.9 Å². The number of rotatable bonds is 6. The molecule has 0 amide bonds. The Morgan fingerprint density at radius 1 is 1.39 bits per heavy atom. The van der Waals surface area contributed by atoms with E-state index >= 15 is 0 Å². The van der Waals surface area contributed by atoms with Crippen molar-refractivity contribution in [1.82, 2.24) is 9.55 Å². The van der Waals surface area contributed by atoms with E-state index in [1.54, 1.807) is 0 Å². The molecule has 0 spiro atoms. The van der Waals surface area contributed by atoms with Crippen molar-refractivity contribution in [1.29, 1.82) is 0 Å². The number of aromatic nitrogens is 2. The molecular weight excluding hydrogens is 252 g/mol. The van der Waals surface area contributed by atoms with Crippen LogP contribution in [0.25, 0.3) is 11.0 Å². The Kier molecular flexibility index (Phi) is 4.22. The lowest BCUT2D eigenvalue weighted by atomic mass is 10.3. The van der Waals surface area contributed by atoms with Gasteiger partial charge in [0.2, 0.25) is 0 Å². The van der Waals surface area contributed by atoms with Crippen molar-refractivity contribution in [2.24, 2.45) is 0 Å². The van der Waals surface area contributed by atoms with Crippen LogP contribution in [0.4, 0.5) is 0 Å². The van der Waals surface area contributed by atoms with Crippen LogP contribution >= 0.6 is 11.8 Å². The topological polar surface area (TPSA) is 75.3 Å². The number of nitrogens with zero attached hydrogens (tertiary/aromatic N) is 2. The Morgan fingerprint density at radius 3 is 2.89 bits per heavy atom. The fourth-order valence-corrected chi connectivity index (χ4v) is 2.49. The fourth-order valence-electron chi connectivity index (χ4n) is 1.81. The smallest absolute Gasteiger partial charge is 0.313 e. The summed E-state index contributed by atoms with van der Waals surface area (Å²) in [4.78, 5) is 15.0. The van der Waals surface area contributed by atoms with Gasteiger partial charge in [-0.1, -0.05) is 12.1 Å². The van der Waals surface area contributed by atoms with Gasteiger partial charge in [0.25, 0.3) is 0 Å². The zero-order valence-corrected chi connectivity index (χ0v) is 10.6. The molecule has 0 aliphatic rings. The lowest BCUT2D eigenvalue weighted by Gasteiger charge is -2.06. The third kappa shape index (κ3) is 2.83. The molecule has 0 saturated heterocycles. The number of hydrogen-bond acceptors (Lipinski definition) is 4. The largest absolute Gasteiger partial charge is 0.481 e. The van der Waals surface area contributed by atoms with Crippen LogP contribution in [0.5, 0.6) is 0 Å². The number of aliphatic hydroxyl groups excluding tert-OH is 1. The Labute approximate surface area is 108 Å². The molecule has 1 aromatic heterocycles. The van der Waals surface area contributed by atoms with E-state index in [-0.39, 0.29) is 12.4 Å². The highest BCUT2D eigenvalue weighted by molar-refractivity contribution is 7.99. The number of fused-ring (bicyclic) bond motifs is 1. The second kappa shape index (κ2) is 5.88. The van der Waals surface area contributed by atoms with Crippen LogP contribution in [0.3, 0.4) is 0 Å². The third-order valence-electron chi connectivity index (χ3n) is 2.51. The molecular formula is C12H14N2O3S. The Hall–Kier alpha value is -1.53. The number of aliphatic hydroxyl groups is 1. The van der Waals surface area contributed by atoms with Crippen molar-refractivity contribution in [3.8, 4) is 0 Å². The molecule has 0 aliphatic carbocycles. The summed E-state index contributed by atoms with van der Waals surface area (Å²) in [5.41, 5.74) is 1.84. The van der Waals surface area contributed by atoms with Crippen molar-refractivity contribution in [2.45, 2.75) is 12.3 Å². The van der Waals surface area contributed by atoms with Crippen molar-refractivity contribution in [2.75, 3.05) is 12.4 Å². The van der Waals surface area contributed by atoms with Gasteiger partial charge in [0.1, 0.15) is 5.82 Å².